The minimum atomic E-state index is -0.308. The van der Waals surface area contributed by atoms with Gasteiger partial charge >= 0.3 is 0 Å². The van der Waals surface area contributed by atoms with Gasteiger partial charge in [-0.05, 0) is 42.7 Å². The molecule has 0 aromatic heterocycles. The van der Waals surface area contributed by atoms with Crippen LogP contribution in [0.4, 0.5) is 5.69 Å². The van der Waals surface area contributed by atoms with Crippen molar-refractivity contribution in [3.05, 3.63) is 65.2 Å². The average Bonchev–Trinajstić information content (AvgIpc) is 2.47. The van der Waals surface area contributed by atoms with Crippen LogP contribution < -0.4 is 11.1 Å². The number of amides is 1. The highest BCUT2D eigenvalue weighted by atomic mass is 16.3. The van der Waals surface area contributed by atoms with Gasteiger partial charge in [0.05, 0.1) is 12.6 Å². The molecule has 0 saturated carbocycles. The molecule has 1 atom stereocenters. The van der Waals surface area contributed by atoms with Gasteiger partial charge in [0.1, 0.15) is 0 Å². The molecule has 0 spiro atoms. The summed E-state index contributed by atoms with van der Waals surface area (Å²) >= 11 is 0. The van der Waals surface area contributed by atoms with E-state index in [2.05, 4.69) is 5.32 Å². The Kier molecular flexibility index (Phi) is 4.95. The normalized spacial score (nSPS) is 11.9. The van der Waals surface area contributed by atoms with Crippen molar-refractivity contribution in [1.82, 2.24) is 5.32 Å². The van der Waals surface area contributed by atoms with E-state index in [0.29, 0.717) is 17.7 Å². The lowest BCUT2D eigenvalue weighted by Gasteiger charge is -2.17. The van der Waals surface area contributed by atoms with Crippen molar-refractivity contribution in [2.75, 3.05) is 12.3 Å². The van der Waals surface area contributed by atoms with Gasteiger partial charge in [0, 0.05) is 11.3 Å². The zero-order valence-corrected chi connectivity index (χ0v) is 12.0. The topological polar surface area (TPSA) is 75.4 Å². The number of nitrogen functional groups attached to an aromatic ring is 1. The van der Waals surface area contributed by atoms with Gasteiger partial charge in [-0.1, -0.05) is 30.3 Å². The van der Waals surface area contributed by atoms with E-state index in [1.807, 2.05) is 37.3 Å². The van der Waals surface area contributed by atoms with Crippen LogP contribution in [0, 0.1) is 6.92 Å². The Morgan fingerprint density at radius 2 is 1.95 bits per heavy atom. The number of hydrogen-bond donors (Lipinski definition) is 3. The Bertz CT molecular complexity index is 611. The molecule has 2 aromatic carbocycles. The van der Waals surface area contributed by atoms with Gasteiger partial charge < -0.3 is 16.2 Å². The van der Waals surface area contributed by atoms with E-state index >= 15 is 0 Å². The third-order valence-electron chi connectivity index (χ3n) is 3.38. The molecule has 4 N–H and O–H groups in total. The zero-order chi connectivity index (χ0) is 15.2. The van der Waals surface area contributed by atoms with Crippen LogP contribution in [0.1, 0.15) is 21.5 Å². The number of benzene rings is 2. The molecule has 1 amide bonds. The summed E-state index contributed by atoms with van der Waals surface area (Å²) in [4.78, 5) is 12.3. The molecule has 0 unspecified atom stereocenters. The van der Waals surface area contributed by atoms with Crippen molar-refractivity contribution in [2.24, 2.45) is 0 Å². The Balaban J connectivity index is 2.06. The van der Waals surface area contributed by atoms with E-state index in [4.69, 9.17) is 5.73 Å². The van der Waals surface area contributed by atoms with Gasteiger partial charge in [0.2, 0.25) is 0 Å². The first-order chi connectivity index (χ1) is 10.1. The highest BCUT2D eigenvalue weighted by Crippen LogP contribution is 2.13. The van der Waals surface area contributed by atoms with Gasteiger partial charge in [-0.15, -0.1) is 0 Å². The summed E-state index contributed by atoms with van der Waals surface area (Å²) in [5.41, 5.74) is 8.79. The predicted molar refractivity (Wildman–Crippen MR) is 84.1 cm³/mol. The van der Waals surface area contributed by atoms with Crippen LogP contribution >= 0.6 is 0 Å². The third-order valence-corrected chi connectivity index (χ3v) is 3.38. The molecule has 0 heterocycles. The Morgan fingerprint density at radius 1 is 1.24 bits per heavy atom. The number of aryl methyl sites for hydroxylation is 1. The van der Waals surface area contributed by atoms with Crippen molar-refractivity contribution in [2.45, 2.75) is 19.4 Å². The number of nitrogens with two attached hydrogens (primary N) is 1. The lowest BCUT2D eigenvalue weighted by Crippen LogP contribution is -2.39. The molecule has 0 aliphatic carbocycles. The first-order valence-electron chi connectivity index (χ1n) is 6.92. The first kappa shape index (κ1) is 15.1. The highest BCUT2D eigenvalue weighted by molar-refractivity contribution is 5.96. The standard InChI is InChI=1S/C17H20N2O2/c1-12-9-14(18)7-8-16(12)17(21)19-15(11-20)10-13-5-3-2-4-6-13/h2-9,15,20H,10-11,18H2,1H3,(H,19,21)/t15-/m0/s1. The molecule has 2 rings (SSSR count). The van der Waals surface area contributed by atoms with Crippen molar-refractivity contribution >= 4 is 11.6 Å². The molecule has 0 radical (unpaired) electrons. The summed E-state index contributed by atoms with van der Waals surface area (Å²) in [7, 11) is 0. The van der Waals surface area contributed by atoms with E-state index in [9.17, 15) is 9.90 Å². The molecule has 4 heteroatoms. The molecule has 110 valence electrons. The molecule has 4 nitrogen and oxygen atoms in total. The van der Waals surface area contributed by atoms with Crippen molar-refractivity contribution in [3.63, 3.8) is 0 Å². The summed E-state index contributed by atoms with van der Waals surface area (Å²) in [5, 5.41) is 12.3. The first-order valence-corrected chi connectivity index (χ1v) is 6.92. The van der Waals surface area contributed by atoms with E-state index in [1.165, 1.54) is 0 Å². The second-order valence-corrected chi connectivity index (χ2v) is 5.12. The van der Waals surface area contributed by atoms with Crippen LogP contribution in [0.5, 0.6) is 0 Å². The van der Waals surface area contributed by atoms with Gasteiger partial charge in [-0.2, -0.15) is 0 Å². The lowest BCUT2D eigenvalue weighted by molar-refractivity contribution is 0.0916. The van der Waals surface area contributed by atoms with Crippen molar-refractivity contribution in [3.8, 4) is 0 Å². The Morgan fingerprint density at radius 3 is 2.57 bits per heavy atom. The second-order valence-electron chi connectivity index (χ2n) is 5.12. The SMILES string of the molecule is Cc1cc(N)ccc1C(=O)N[C@H](CO)Cc1ccccc1. The highest BCUT2D eigenvalue weighted by Gasteiger charge is 2.15. The van der Waals surface area contributed by atoms with Crippen molar-refractivity contribution in [1.29, 1.82) is 0 Å². The fourth-order valence-electron chi connectivity index (χ4n) is 2.26. The Hall–Kier alpha value is -2.33. The Labute approximate surface area is 124 Å². The molecule has 0 aliphatic heterocycles. The summed E-state index contributed by atoms with van der Waals surface area (Å²) in [5.74, 6) is -0.192. The fourth-order valence-corrected chi connectivity index (χ4v) is 2.26. The summed E-state index contributed by atoms with van der Waals surface area (Å²) < 4.78 is 0. The van der Waals surface area contributed by atoms with Crippen LogP contribution in [0.2, 0.25) is 0 Å². The molecular weight excluding hydrogens is 264 g/mol. The van der Waals surface area contributed by atoms with Crippen molar-refractivity contribution < 1.29 is 9.90 Å². The monoisotopic (exact) mass is 284 g/mol. The zero-order valence-electron chi connectivity index (χ0n) is 12.0. The number of aliphatic hydroxyl groups is 1. The van der Waals surface area contributed by atoms with Gasteiger partial charge in [-0.3, -0.25) is 4.79 Å². The van der Waals surface area contributed by atoms with Gasteiger partial charge in [0.15, 0.2) is 0 Å². The maximum atomic E-state index is 12.3. The number of aliphatic hydroxyl groups excluding tert-OH is 1. The summed E-state index contributed by atoms with van der Waals surface area (Å²) in [6.45, 7) is 1.74. The number of carbonyl (C=O) groups excluding carboxylic acids is 1. The molecule has 0 saturated heterocycles. The average molecular weight is 284 g/mol. The predicted octanol–water partition coefficient (Wildman–Crippen LogP) is 1.91. The molecule has 0 bridgehead atoms. The minimum Gasteiger partial charge on any atom is -0.399 e. The third kappa shape index (κ3) is 4.07. The number of anilines is 1. The molecule has 0 aliphatic rings. The number of hydrogen-bond acceptors (Lipinski definition) is 3. The summed E-state index contributed by atoms with van der Waals surface area (Å²) in [6, 6.07) is 14.6. The van der Waals surface area contributed by atoms with E-state index < -0.39 is 0 Å². The van der Waals surface area contributed by atoms with E-state index in [1.54, 1.807) is 18.2 Å². The maximum absolute atomic E-state index is 12.3. The van der Waals surface area contributed by atoms with E-state index in [-0.39, 0.29) is 18.6 Å². The quantitative estimate of drug-likeness (QED) is 0.734. The lowest BCUT2D eigenvalue weighted by atomic mass is 10.0. The summed E-state index contributed by atoms with van der Waals surface area (Å²) in [6.07, 6.45) is 0.594. The maximum Gasteiger partial charge on any atom is 0.251 e. The molecule has 21 heavy (non-hydrogen) atoms. The molecule has 2 aromatic rings. The van der Waals surface area contributed by atoms with E-state index in [0.717, 1.165) is 11.1 Å². The number of nitrogens with one attached hydrogen (secondary N) is 1. The van der Waals surface area contributed by atoms with Gasteiger partial charge in [0.25, 0.3) is 5.91 Å². The minimum absolute atomic E-state index is 0.103. The van der Waals surface area contributed by atoms with Crippen LogP contribution in [0.25, 0.3) is 0 Å². The number of rotatable bonds is 5. The van der Waals surface area contributed by atoms with Crippen LogP contribution in [0.15, 0.2) is 48.5 Å². The van der Waals surface area contributed by atoms with Crippen LogP contribution in [0.3, 0.4) is 0 Å². The number of carbonyl (C=O) groups is 1. The second kappa shape index (κ2) is 6.90. The van der Waals surface area contributed by atoms with Gasteiger partial charge in [-0.25, -0.2) is 0 Å². The molecule has 0 fully saturated rings. The largest absolute Gasteiger partial charge is 0.399 e. The fraction of sp³-hybridized carbons (Fsp3) is 0.235. The van der Waals surface area contributed by atoms with Crippen LogP contribution in [-0.2, 0) is 6.42 Å². The van der Waals surface area contributed by atoms with Crippen LogP contribution in [-0.4, -0.2) is 23.7 Å². The smallest absolute Gasteiger partial charge is 0.251 e. The molecular formula is C17H20N2O2.